The number of aromatic nitrogens is 9. The molecule has 0 fully saturated rings. The van der Waals surface area contributed by atoms with Crippen molar-refractivity contribution in [3.63, 3.8) is 0 Å². The summed E-state index contributed by atoms with van der Waals surface area (Å²) in [7, 11) is 0. The largest absolute Gasteiger partial charge is 0.277 e. The van der Waals surface area contributed by atoms with E-state index in [1.807, 2.05) is 72.8 Å². The number of hydrogen-bond donors (Lipinski definition) is 0. The van der Waals surface area contributed by atoms with Crippen LogP contribution in [0.1, 0.15) is 37.5 Å². The molecule has 0 amide bonds. The Morgan fingerprint density at radius 2 is 0.394 bits per heavy atom. The van der Waals surface area contributed by atoms with E-state index in [2.05, 4.69) is 276 Å². The van der Waals surface area contributed by atoms with Crippen molar-refractivity contribution in [1.82, 2.24) is 44.9 Å². The van der Waals surface area contributed by atoms with Gasteiger partial charge in [0, 0.05) is 118 Å². The first-order chi connectivity index (χ1) is 53.4. The Morgan fingerprint density at radius 1 is 0.202 bits per heavy atom. The van der Waals surface area contributed by atoms with Crippen LogP contribution >= 0.6 is 0 Å². The first-order valence-electron chi connectivity index (χ1n) is 36.9. The van der Waals surface area contributed by atoms with Gasteiger partial charge in [0.05, 0.1) is 84.7 Å². The minimum absolute atomic E-state index is 0. The maximum atomic E-state index is 5.24. The van der Waals surface area contributed by atoms with Gasteiger partial charge in [-0.2, -0.15) is 0 Å². The van der Waals surface area contributed by atoms with E-state index >= 15 is 0 Å². The topological polar surface area (TPSA) is 116 Å². The molecule has 9 nitrogen and oxygen atoms in total. The zero-order valence-electron chi connectivity index (χ0n) is 59.9. The van der Waals surface area contributed by atoms with E-state index in [9.17, 15) is 0 Å². The van der Waals surface area contributed by atoms with Gasteiger partial charge < -0.3 is 0 Å². The van der Waals surface area contributed by atoms with Crippen molar-refractivity contribution in [3.8, 4) is 102 Å². The van der Waals surface area contributed by atoms with Crippen LogP contribution < -0.4 is 0 Å². The summed E-state index contributed by atoms with van der Waals surface area (Å²) in [5.74, 6) is 2.18. The molecule has 21 rings (SSSR count). The van der Waals surface area contributed by atoms with E-state index in [0.29, 0.717) is 0 Å². The molecule has 0 aliphatic heterocycles. The first kappa shape index (κ1) is 67.6. The third kappa shape index (κ3) is 12.1. The van der Waals surface area contributed by atoms with Gasteiger partial charge in [0.15, 0.2) is 0 Å². The van der Waals surface area contributed by atoms with Crippen LogP contribution in [0.25, 0.3) is 199 Å². The summed E-state index contributed by atoms with van der Waals surface area (Å²) in [6.45, 7) is 6.46. The summed E-state index contributed by atoms with van der Waals surface area (Å²) < 4.78 is 0. The Hall–Kier alpha value is -13.2. The molecule has 0 spiro atoms. The minimum atomic E-state index is 0. The summed E-state index contributed by atoms with van der Waals surface area (Å²) in [4.78, 5) is 46.0. The van der Waals surface area contributed by atoms with Gasteiger partial charge in [0.1, 0.15) is 0 Å². The van der Waals surface area contributed by atoms with Gasteiger partial charge in [-0.3, -0.25) is 29.9 Å². The number of aryl methyl sites for hydroxylation is 3. The fraction of sp³-hybridized carbons (Fsp3) is 0.0606. The van der Waals surface area contributed by atoms with Crippen molar-refractivity contribution in [3.05, 3.63) is 344 Å². The Labute approximate surface area is 644 Å². The standard InChI is InChI=1S/3C33H22N3.Ir/c3*1-2-21-11-9-10-16-24(21)33-34-27-19-17-25-29-26(18-20-28(35-33)30(27)29)32(23-14-7-4-8-15-23)36-31(25)22-12-5-3-6-13-22;/h3*3-15,17-20H,2H2,1H3;/q3*-1;. The predicted octanol–water partition coefficient (Wildman–Crippen LogP) is 24.4. The zero-order chi connectivity index (χ0) is 72.2. The van der Waals surface area contributed by atoms with Gasteiger partial charge in [-0.05, 0) is 36.4 Å². The van der Waals surface area contributed by atoms with Crippen molar-refractivity contribution in [1.29, 1.82) is 0 Å². The molecule has 15 aromatic carbocycles. The van der Waals surface area contributed by atoms with Gasteiger partial charge in [0.25, 0.3) is 0 Å². The molecule has 6 aromatic heterocycles. The summed E-state index contributed by atoms with van der Waals surface area (Å²) in [5.41, 5.74) is 24.6. The van der Waals surface area contributed by atoms with Gasteiger partial charge in [-0.1, -0.05) is 258 Å². The van der Waals surface area contributed by atoms with Crippen molar-refractivity contribution in [2.45, 2.75) is 40.0 Å². The molecule has 0 bridgehead atoms. The van der Waals surface area contributed by atoms with E-state index in [1.54, 1.807) is 0 Å². The monoisotopic (exact) mass is 1570 g/mol. The third-order valence-electron chi connectivity index (χ3n) is 20.8. The number of pyridine rings is 3. The van der Waals surface area contributed by atoms with Crippen LogP contribution in [-0.4, -0.2) is 44.9 Å². The number of rotatable bonds is 12. The SMILES string of the molecule is CCc1ccc[c-]c1-c1nc2ccc3c(-c4ccccc4)nc(-c4ccccc4)c4ccc(n1)c2c34.CCc1ccc[c-]c1-c1nc2ccc3c(-c4ccccc4)nc(-c4ccccc4)c4ccc(n1)c2c34.CCc1ccc[c-]c1-c1nc2ccc3c(-c4ccccc4)nc(-c4ccccc4)c4ccc(n1)c2c34.[Ir]. The van der Waals surface area contributed by atoms with Gasteiger partial charge >= 0.3 is 0 Å². The molecule has 0 aliphatic carbocycles. The van der Waals surface area contributed by atoms with E-state index in [1.165, 1.54) is 16.7 Å². The zero-order valence-corrected chi connectivity index (χ0v) is 62.3. The average Bonchev–Trinajstić information content (AvgIpc) is 0.730. The van der Waals surface area contributed by atoms with Gasteiger partial charge in [-0.15, -0.1) is 106 Å². The molecule has 0 atom stereocenters. The van der Waals surface area contributed by atoms with Gasteiger partial charge in [-0.25, -0.2) is 15.0 Å². The molecule has 21 aromatic rings. The molecule has 109 heavy (non-hydrogen) atoms. The molecule has 0 N–H and O–H groups in total. The Morgan fingerprint density at radius 3 is 0.578 bits per heavy atom. The summed E-state index contributed by atoms with van der Waals surface area (Å²) >= 11 is 0. The smallest absolute Gasteiger partial charge is 0.0788 e. The van der Waals surface area contributed by atoms with Crippen molar-refractivity contribution < 1.29 is 20.1 Å². The van der Waals surface area contributed by atoms with Gasteiger partial charge in [0.2, 0.25) is 0 Å². The molecule has 0 saturated carbocycles. The van der Waals surface area contributed by atoms with E-state index in [4.69, 9.17) is 44.9 Å². The summed E-state index contributed by atoms with van der Waals surface area (Å²) in [6.07, 6.45) is 2.73. The maximum Gasteiger partial charge on any atom is 0.0788 e. The normalized spacial score (nSPS) is 11.5. The molecule has 0 unspecified atom stereocenters. The maximum absolute atomic E-state index is 5.24. The molecular formula is C99H66IrN9-3. The molecule has 0 saturated heterocycles. The van der Waals surface area contributed by atoms with Crippen molar-refractivity contribution >= 4 is 97.7 Å². The van der Waals surface area contributed by atoms with Crippen LogP contribution in [0.2, 0.25) is 0 Å². The molecular weight excluding hydrogens is 1510 g/mol. The van der Waals surface area contributed by atoms with Crippen molar-refractivity contribution in [2.24, 2.45) is 0 Å². The molecule has 519 valence electrons. The second-order valence-corrected chi connectivity index (χ2v) is 27.1. The van der Waals surface area contributed by atoms with E-state index < -0.39 is 0 Å². The fourth-order valence-corrected chi connectivity index (χ4v) is 15.7. The second-order valence-electron chi connectivity index (χ2n) is 27.1. The van der Waals surface area contributed by atoms with Crippen LogP contribution in [0.15, 0.2) is 309 Å². The fourth-order valence-electron chi connectivity index (χ4n) is 15.7. The third-order valence-corrected chi connectivity index (χ3v) is 20.8. The molecule has 0 aliphatic rings. The summed E-state index contributed by atoms with van der Waals surface area (Å²) in [5, 5.41) is 13.4. The Balaban J connectivity index is 0.000000114. The molecule has 10 heteroatoms. The summed E-state index contributed by atoms with van der Waals surface area (Å²) in [6, 6.07) is 117. The number of nitrogens with zero attached hydrogens (tertiary/aromatic N) is 9. The Kier molecular flexibility index (Phi) is 17.9. The van der Waals surface area contributed by atoms with Crippen LogP contribution in [0.5, 0.6) is 0 Å². The molecule has 1 radical (unpaired) electrons. The van der Waals surface area contributed by atoms with Crippen LogP contribution in [0.4, 0.5) is 0 Å². The second kappa shape index (κ2) is 28.9. The van der Waals surface area contributed by atoms with E-state index in [0.717, 1.165) is 219 Å². The number of hydrogen-bond acceptors (Lipinski definition) is 9. The average molecular weight is 1570 g/mol. The predicted molar refractivity (Wildman–Crippen MR) is 444 cm³/mol. The Bertz CT molecular complexity index is 5920. The minimum Gasteiger partial charge on any atom is -0.277 e. The van der Waals surface area contributed by atoms with E-state index in [-0.39, 0.29) is 20.1 Å². The van der Waals surface area contributed by atoms with Crippen LogP contribution in [0, 0.1) is 18.2 Å². The van der Waals surface area contributed by atoms with Crippen molar-refractivity contribution in [2.75, 3.05) is 0 Å². The quantitative estimate of drug-likeness (QED) is 0.0871. The molecule has 6 heterocycles. The first-order valence-corrected chi connectivity index (χ1v) is 36.9. The van der Waals surface area contributed by atoms with Crippen LogP contribution in [0.3, 0.4) is 0 Å². The number of benzene rings is 15. The van der Waals surface area contributed by atoms with Crippen LogP contribution in [-0.2, 0) is 39.4 Å².